The van der Waals surface area contributed by atoms with Gasteiger partial charge in [-0.1, -0.05) is 19.9 Å². The standard InChI is InChI=1S/C16H28O7/c1-7(2)9-5-11(8(3)4-10(9)18)22-16-15(21)14(20)13(19)12(6-17)23-16/h4,7,9-21H,5-6H2,1-3H3/t9-,10+,11+,12+,13+,14-,15+,16+/m0/s1. The third kappa shape index (κ3) is 3.93. The zero-order valence-corrected chi connectivity index (χ0v) is 13.7. The predicted molar refractivity (Wildman–Crippen MR) is 81.3 cm³/mol. The van der Waals surface area contributed by atoms with E-state index in [9.17, 15) is 25.5 Å². The van der Waals surface area contributed by atoms with Crippen LogP contribution in [0.4, 0.5) is 0 Å². The van der Waals surface area contributed by atoms with E-state index in [1.807, 2.05) is 20.8 Å². The zero-order chi connectivity index (χ0) is 17.3. The Morgan fingerprint density at radius 2 is 1.83 bits per heavy atom. The maximum Gasteiger partial charge on any atom is 0.187 e. The smallest absolute Gasteiger partial charge is 0.187 e. The minimum Gasteiger partial charge on any atom is -0.394 e. The number of rotatable bonds is 4. The van der Waals surface area contributed by atoms with Gasteiger partial charge in [0, 0.05) is 0 Å². The van der Waals surface area contributed by atoms with Gasteiger partial charge in [-0.25, -0.2) is 0 Å². The second kappa shape index (κ2) is 7.57. The first-order chi connectivity index (χ1) is 10.8. The van der Waals surface area contributed by atoms with E-state index in [1.54, 1.807) is 6.08 Å². The molecule has 0 aromatic carbocycles. The van der Waals surface area contributed by atoms with Crippen LogP contribution in [-0.2, 0) is 9.47 Å². The quantitative estimate of drug-likeness (QED) is 0.426. The van der Waals surface area contributed by atoms with E-state index in [1.165, 1.54) is 0 Å². The van der Waals surface area contributed by atoms with Crippen LogP contribution in [0.5, 0.6) is 0 Å². The summed E-state index contributed by atoms with van der Waals surface area (Å²) in [6.07, 6.45) is -5.01. The SMILES string of the molecule is CC1=C[C@@H](O)[C@H](C(C)C)C[C@H]1O[C@@H]1O[C@H](CO)[C@@H](O)[C@H](O)[C@H]1O. The average molecular weight is 332 g/mol. The molecular weight excluding hydrogens is 304 g/mol. The summed E-state index contributed by atoms with van der Waals surface area (Å²) < 4.78 is 11.2. The van der Waals surface area contributed by atoms with E-state index < -0.39 is 43.4 Å². The van der Waals surface area contributed by atoms with Gasteiger partial charge in [0.2, 0.25) is 0 Å². The molecule has 2 aliphatic rings. The molecule has 0 radical (unpaired) electrons. The van der Waals surface area contributed by atoms with Crippen molar-refractivity contribution in [3.8, 4) is 0 Å². The van der Waals surface area contributed by atoms with Crippen LogP contribution in [0.1, 0.15) is 27.2 Å². The molecular formula is C16H28O7. The first-order valence-electron chi connectivity index (χ1n) is 8.08. The molecule has 1 heterocycles. The largest absolute Gasteiger partial charge is 0.394 e. The normalized spacial score (nSPS) is 45.2. The highest BCUT2D eigenvalue weighted by Crippen LogP contribution is 2.33. The van der Waals surface area contributed by atoms with Gasteiger partial charge in [0.05, 0.1) is 18.8 Å². The topological polar surface area (TPSA) is 120 Å². The van der Waals surface area contributed by atoms with Gasteiger partial charge in [-0.15, -0.1) is 0 Å². The second-order valence-electron chi connectivity index (χ2n) is 6.87. The Bertz CT molecular complexity index is 423. The first-order valence-corrected chi connectivity index (χ1v) is 8.08. The Hall–Kier alpha value is -0.540. The minimum absolute atomic E-state index is 0.0218. The van der Waals surface area contributed by atoms with Crippen molar-refractivity contribution in [1.29, 1.82) is 0 Å². The van der Waals surface area contributed by atoms with Crippen molar-refractivity contribution in [2.75, 3.05) is 6.61 Å². The molecule has 1 saturated heterocycles. The lowest BCUT2D eigenvalue weighted by molar-refractivity contribution is -0.310. The van der Waals surface area contributed by atoms with Crippen LogP contribution >= 0.6 is 0 Å². The third-order valence-electron chi connectivity index (χ3n) is 4.87. The fourth-order valence-electron chi connectivity index (χ4n) is 3.24. The Morgan fingerprint density at radius 3 is 2.39 bits per heavy atom. The van der Waals surface area contributed by atoms with E-state index >= 15 is 0 Å². The highest BCUT2D eigenvalue weighted by Gasteiger charge is 2.45. The van der Waals surface area contributed by atoms with Crippen molar-refractivity contribution in [3.05, 3.63) is 11.6 Å². The average Bonchev–Trinajstić information content (AvgIpc) is 2.49. The molecule has 0 spiro atoms. The van der Waals surface area contributed by atoms with Gasteiger partial charge in [-0.2, -0.15) is 0 Å². The lowest BCUT2D eigenvalue weighted by atomic mass is 9.79. The molecule has 1 aliphatic carbocycles. The highest BCUT2D eigenvalue weighted by atomic mass is 16.7. The Labute approximate surface area is 136 Å². The van der Waals surface area contributed by atoms with Crippen molar-refractivity contribution >= 4 is 0 Å². The number of aliphatic hydroxyl groups excluding tert-OH is 5. The Morgan fingerprint density at radius 1 is 1.17 bits per heavy atom. The van der Waals surface area contributed by atoms with Gasteiger partial charge in [-0.05, 0) is 30.8 Å². The number of hydrogen-bond donors (Lipinski definition) is 5. The first kappa shape index (κ1) is 18.8. The van der Waals surface area contributed by atoms with Gasteiger partial charge < -0.3 is 35.0 Å². The second-order valence-corrected chi connectivity index (χ2v) is 6.87. The summed E-state index contributed by atoms with van der Waals surface area (Å²) in [5, 5.41) is 49.0. The van der Waals surface area contributed by atoms with Crippen molar-refractivity contribution in [2.45, 2.75) is 70.1 Å². The summed E-state index contributed by atoms with van der Waals surface area (Å²) in [7, 11) is 0. The van der Waals surface area contributed by atoms with Crippen LogP contribution in [0, 0.1) is 11.8 Å². The lowest BCUT2D eigenvalue weighted by Gasteiger charge is -2.42. The Kier molecular flexibility index (Phi) is 6.18. The molecule has 134 valence electrons. The molecule has 0 aromatic heterocycles. The monoisotopic (exact) mass is 332 g/mol. The molecule has 0 amide bonds. The van der Waals surface area contributed by atoms with Gasteiger partial charge in [-0.3, -0.25) is 0 Å². The maximum atomic E-state index is 10.1. The van der Waals surface area contributed by atoms with E-state index in [0.717, 1.165) is 5.57 Å². The van der Waals surface area contributed by atoms with Crippen molar-refractivity contribution in [2.24, 2.45) is 11.8 Å². The summed E-state index contributed by atoms with van der Waals surface area (Å²) in [6, 6.07) is 0. The summed E-state index contributed by atoms with van der Waals surface area (Å²) in [5.41, 5.74) is 0.825. The molecule has 0 bridgehead atoms. The molecule has 1 aliphatic heterocycles. The van der Waals surface area contributed by atoms with Gasteiger partial charge in [0.15, 0.2) is 6.29 Å². The number of hydrogen-bond acceptors (Lipinski definition) is 7. The fourth-order valence-corrected chi connectivity index (χ4v) is 3.24. The van der Waals surface area contributed by atoms with E-state index in [0.29, 0.717) is 6.42 Å². The van der Waals surface area contributed by atoms with Crippen molar-refractivity contribution in [1.82, 2.24) is 0 Å². The molecule has 2 rings (SSSR count). The van der Waals surface area contributed by atoms with Crippen LogP contribution in [-0.4, -0.2) is 75.1 Å². The van der Waals surface area contributed by atoms with Crippen LogP contribution in [0.2, 0.25) is 0 Å². The van der Waals surface area contributed by atoms with Crippen molar-refractivity contribution in [3.63, 3.8) is 0 Å². The Balaban J connectivity index is 2.09. The summed E-state index contributed by atoms with van der Waals surface area (Å²) >= 11 is 0. The number of ether oxygens (including phenoxy) is 2. The van der Waals surface area contributed by atoms with Crippen LogP contribution in [0.25, 0.3) is 0 Å². The number of aliphatic hydroxyl groups is 5. The fraction of sp³-hybridized carbons (Fsp3) is 0.875. The highest BCUT2D eigenvalue weighted by molar-refractivity contribution is 5.14. The molecule has 0 aromatic rings. The molecule has 7 nitrogen and oxygen atoms in total. The third-order valence-corrected chi connectivity index (χ3v) is 4.87. The molecule has 5 N–H and O–H groups in total. The summed E-state index contributed by atoms with van der Waals surface area (Å²) in [4.78, 5) is 0. The van der Waals surface area contributed by atoms with Gasteiger partial charge >= 0.3 is 0 Å². The van der Waals surface area contributed by atoms with Gasteiger partial charge in [0.25, 0.3) is 0 Å². The van der Waals surface area contributed by atoms with Crippen molar-refractivity contribution < 1.29 is 35.0 Å². The predicted octanol–water partition coefficient (Wildman–Crippen LogP) is -0.845. The molecule has 0 saturated carbocycles. The van der Waals surface area contributed by atoms with E-state index in [-0.39, 0.29) is 17.9 Å². The van der Waals surface area contributed by atoms with Crippen LogP contribution < -0.4 is 0 Å². The maximum absolute atomic E-state index is 10.1. The van der Waals surface area contributed by atoms with E-state index in [2.05, 4.69) is 0 Å². The van der Waals surface area contributed by atoms with Crippen LogP contribution in [0.3, 0.4) is 0 Å². The van der Waals surface area contributed by atoms with Gasteiger partial charge in [0.1, 0.15) is 24.4 Å². The molecule has 1 fully saturated rings. The zero-order valence-electron chi connectivity index (χ0n) is 13.7. The molecule has 8 atom stereocenters. The molecule has 7 heteroatoms. The summed E-state index contributed by atoms with van der Waals surface area (Å²) in [6.45, 7) is 5.38. The minimum atomic E-state index is -1.45. The molecule has 0 unspecified atom stereocenters. The lowest BCUT2D eigenvalue weighted by Crippen LogP contribution is -2.60. The van der Waals surface area contributed by atoms with Crippen LogP contribution in [0.15, 0.2) is 11.6 Å². The molecule has 23 heavy (non-hydrogen) atoms. The van der Waals surface area contributed by atoms with E-state index in [4.69, 9.17) is 9.47 Å². The summed E-state index contributed by atoms with van der Waals surface area (Å²) in [5.74, 6) is 0.281.